The maximum Gasteiger partial charge on any atom is 0.416 e. The van der Waals surface area contributed by atoms with E-state index in [1.165, 1.54) is 12.1 Å². The van der Waals surface area contributed by atoms with E-state index in [9.17, 15) is 18.0 Å². The molecular weight excluding hydrogens is 279 g/mol. The van der Waals surface area contributed by atoms with Gasteiger partial charge in [0.2, 0.25) is 0 Å². The molecule has 5 heteroatoms. The third-order valence-electron chi connectivity index (χ3n) is 4.84. The van der Waals surface area contributed by atoms with Crippen molar-refractivity contribution in [3.8, 4) is 0 Å². The minimum Gasteiger partial charge on any atom is -0.317 e. The van der Waals surface area contributed by atoms with E-state index in [1.54, 1.807) is 0 Å². The van der Waals surface area contributed by atoms with Crippen LogP contribution in [-0.2, 0) is 17.4 Å². The molecule has 2 nitrogen and oxygen atoms in total. The second-order valence-corrected chi connectivity index (χ2v) is 6.21. The lowest BCUT2D eigenvalue weighted by molar-refractivity contribution is -0.137. The van der Waals surface area contributed by atoms with Gasteiger partial charge in [-0.15, -0.1) is 0 Å². The Bertz CT molecular complexity index is 529. The van der Waals surface area contributed by atoms with Gasteiger partial charge in [0, 0.05) is 12.3 Å². The second kappa shape index (κ2) is 5.13. The monoisotopic (exact) mass is 297 g/mol. The van der Waals surface area contributed by atoms with Crippen LogP contribution in [0.1, 0.15) is 30.4 Å². The van der Waals surface area contributed by atoms with Crippen molar-refractivity contribution in [2.45, 2.75) is 31.9 Å². The Morgan fingerprint density at radius 1 is 1.19 bits per heavy atom. The Balaban J connectivity index is 1.61. The molecule has 1 saturated carbocycles. The molecule has 1 aromatic carbocycles. The van der Waals surface area contributed by atoms with Crippen molar-refractivity contribution in [2.24, 2.45) is 11.3 Å². The summed E-state index contributed by atoms with van der Waals surface area (Å²) in [7, 11) is 0. The van der Waals surface area contributed by atoms with Gasteiger partial charge in [0.1, 0.15) is 5.78 Å². The topological polar surface area (TPSA) is 29.1 Å². The van der Waals surface area contributed by atoms with Crippen LogP contribution in [-0.4, -0.2) is 18.9 Å². The number of halogens is 3. The minimum absolute atomic E-state index is 0.113. The number of benzene rings is 1. The van der Waals surface area contributed by atoms with Crippen molar-refractivity contribution in [3.63, 3.8) is 0 Å². The van der Waals surface area contributed by atoms with Crippen molar-refractivity contribution in [2.75, 3.05) is 13.1 Å². The van der Waals surface area contributed by atoms with E-state index >= 15 is 0 Å². The van der Waals surface area contributed by atoms with E-state index in [-0.39, 0.29) is 23.5 Å². The molecule has 1 aliphatic heterocycles. The molecule has 1 heterocycles. The number of hydrogen-bond donors (Lipinski definition) is 1. The highest BCUT2D eigenvalue weighted by molar-refractivity contribution is 5.86. The van der Waals surface area contributed by atoms with Crippen LogP contribution in [0.25, 0.3) is 0 Å². The summed E-state index contributed by atoms with van der Waals surface area (Å²) < 4.78 is 37.5. The smallest absolute Gasteiger partial charge is 0.317 e. The number of nitrogens with one attached hydrogen (secondary N) is 1. The summed E-state index contributed by atoms with van der Waals surface area (Å²) in [6.07, 6.45) is -1.04. The summed E-state index contributed by atoms with van der Waals surface area (Å²) in [4.78, 5) is 12.3. The lowest BCUT2D eigenvalue weighted by atomic mass is 9.89. The van der Waals surface area contributed by atoms with Crippen LogP contribution >= 0.6 is 0 Å². The molecule has 1 aromatic rings. The minimum atomic E-state index is -4.32. The quantitative estimate of drug-likeness (QED) is 0.928. The molecule has 21 heavy (non-hydrogen) atoms. The first-order chi connectivity index (χ1) is 9.91. The molecule has 1 saturated heterocycles. The van der Waals surface area contributed by atoms with Crippen LogP contribution in [0, 0.1) is 11.3 Å². The average molecular weight is 297 g/mol. The summed E-state index contributed by atoms with van der Waals surface area (Å²) in [5, 5.41) is 3.29. The third-order valence-corrected chi connectivity index (χ3v) is 4.84. The van der Waals surface area contributed by atoms with Gasteiger partial charge in [0.05, 0.1) is 5.56 Å². The molecule has 0 radical (unpaired) electrons. The highest BCUT2D eigenvalue weighted by Gasteiger charge is 2.56. The highest BCUT2D eigenvalue weighted by Crippen LogP contribution is 2.59. The number of alkyl halides is 3. The fraction of sp³-hybridized carbons (Fsp3) is 0.562. The van der Waals surface area contributed by atoms with E-state index in [0.717, 1.165) is 44.5 Å². The Hall–Kier alpha value is -1.36. The molecule has 1 atom stereocenters. The van der Waals surface area contributed by atoms with E-state index in [0.29, 0.717) is 5.56 Å². The first kappa shape index (κ1) is 14.6. The van der Waals surface area contributed by atoms with Crippen LogP contribution in [0.4, 0.5) is 13.2 Å². The summed E-state index contributed by atoms with van der Waals surface area (Å²) in [5.74, 6) is 0.290. The fourth-order valence-electron chi connectivity index (χ4n) is 3.42. The maximum atomic E-state index is 12.5. The van der Waals surface area contributed by atoms with Crippen LogP contribution in [0.2, 0.25) is 0 Å². The Kier molecular flexibility index (Phi) is 3.56. The largest absolute Gasteiger partial charge is 0.416 e. The lowest BCUT2D eigenvalue weighted by Gasteiger charge is -2.23. The molecule has 114 valence electrons. The van der Waals surface area contributed by atoms with Gasteiger partial charge in [-0.3, -0.25) is 4.79 Å². The van der Waals surface area contributed by atoms with E-state index in [2.05, 4.69) is 5.32 Å². The predicted octanol–water partition coefficient (Wildman–Crippen LogP) is 3.21. The molecule has 2 fully saturated rings. The molecule has 1 N–H and O–H groups in total. The first-order valence-corrected chi connectivity index (χ1v) is 7.30. The SMILES string of the molecule is O=C(Cc1ccc(C(F)(F)F)cc1)C1CC12CCNCC2. The molecule has 0 amide bonds. The number of carbonyl (C=O) groups excluding carboxylic acids is 1. The Morgan fingerprint density at radius 3 is 2.38 bits per heavy atom. The average Bonchev–Trinajstić information content (AvgIpc) is 3.13. The van der Waals surface area contributed by atoms with Gasteiger partial charge in [0.15, 0.2) is 0 Å². The number of Topliss-reactive ketones (excluding diaryl/α,β-unsaturated/α-hetero) is 1. The predicted molar refractivity (Wildman–Crippen MR) is 72.8 cm³/mol. The molecule has 1 spiro atoms. The molecule has 1 aliphatic carbocycles. The highest BCUT2D eigenvalue weighted by atomic mass is 19.4. The summed E-state index contributed by atoms with van der Waals surface area (Å²) in [5.41, 5.74) is 0.192. The standard InChI is InChI=1S/C16H18F3NO/c17-16(18,19)12-3-1-11(2-4-12)9-14(21)13-10-15(13)5-7-20-8-6-15/h1-4,13,20H,5-10H2. The van der Waals surface area contributed by atoms with Crippen molar-refractivity contribution in [1.82, 2.24) is 5.32 Å². The number of piperidine rings is 1. The summed E-state index contributed by atoms with van der Waals surface area (Å²) in [6.45, 7) is 1.92. The molecule has 0 aromatic heterocycles. The van der Waals surface area contributed by atoms with Gasteiger partial charge in [-0.05, 0) is 55.5 Å². The van der Waals surface area contributed by atoms with Crippen LogP contribution in [0.3, 0.4) is 0 Å². The zero-order valence-corrected chi connectivity index (χ0v) is 11.7. The van der Waals surface area contributed by atoms with Gasteiger partial charge >= 0.3 is 6.18 Å². The Labute approximate surface area is 121 Å². The van der Waals surface area contributed by atoms with Crippen LogP contribution in [0.5, 0.6) is 0 Å². The van der Waals surface area contributed by atoms with Gasteiger partial charge in [0.25, 0.3) is 0 Å². The van der Waals surface area contributed by atoms with E-state index < -0.39 is 11.7 Å². The number of carbonyl (C=O) groups is 1. The molecular formula is C16H18F3NO. The first-order valence-electron chi connectivity index (χ1n) is 7.30. The van der Waals surface area contributed by atoms with E-state index in [1.807, 2.05) is 0 Å². The summed E-state index contributed by atoms with van der Waals surface area (Å²) in [6, 6.07) is 4.93. The van der Waals surface area contributed by atoms with Gasteiger partial charge < -0.3 is 5.32 Å². The number of rotatable bonds is 3. The number of hydrogen-bond acceptors (Lipinski definition) is 2. The molecule has 1 unspecified atom stereocenters. The van der Waals surface area contributed by atoms with E-state index in [4.69, 9.17) is 0 Å². The lowest BCUT2D eigenvalue weighted by Crippen LogP contribution is -2.30. The molecule has 3 rings (SSSR count). The fourth-order valence-corrected chi connectivity index (χ4v) is 3.42. The summed E-state index contributed by atoms with van der Waals surface area (Å²) >= 11 is 0. The van der Waals surface area contributed by atoms with Gasteiger partial charge in [-0.25, -0.2) is 0 Å². The van der Waals surface area contributed by atoms with Gasteiger partial charge in [-0.1, -0.05) is 12.1 Å². The number of ketones is 1. The van der Waals surface area contributed by atoms with Crippen molar-refractivity contribution in [1.29, 1.82) is 0 Å². The zero-order chi connectivity index (χ0) is 15.1. The Morgan fingerprint density at radius 2 is 1.81 bits per heavy atom. The molecule has 0 bridgehead atoms. The van der Waals surface area contributed by atoms with Gasteiger partial charge in [-0.2, -0.15) is 13.2 Å². The maximum absolute atomic E-state index is 12.5. The zero-order valence-electron chi connectivity index (χ0n) is 11.7. The van der Waals surface area contributed by atoms with Crippen molar-refractivity contribution in [3.05, 3.63) is 35.4 Å². The van der Waals surface area contributed by atoms with Crippen LogP contribution < -0.4 is 5.32 Å². The van der Waals surface area contributed by atoms with Crippen molar-refractivity contribution >= 4 is 5.78 Å². The molecule has 2 aliphatic rings. The third kappa shape index (κ3) is 2.98. The normalized spacial score (nSPS) is 24.0. The van der Waals surface area contributed by atoms with Crippen LogP contribution in [0.15, 0.2) is 24.3 Å². The second-order valence-electron chi connectivity index (χ2n) is 6.21. The van der Waals surface area contributed by atoms with Crippen molar-refractivity contribution < 1.29 is 18.0 Å².